The molecule has 0 atom stereocenters. The van der Waals surface area contributed by atoms with Crippen LogP contribution in [0.4, 0.5) is 3.89 Å². The molecule has 0 unspecified atom stereocenters. The summed E-state index contributed by atoms with van der Waals surface area (Å²) in [6.45, 7) is 0. The lowest BCUT2D eigenvalue weighted by Crippen LogP contribution is -1.95. The molecule has 0 amide bonds. The second kappa shape index (κ2) is 3.51. The molecule has 0 heterocycles. The van der Waals surface area contributed by atoms with E-state index < -0.39 is 15.1 Å². The Hall–Kier alpha value is -0.810. The van der Waals surface area contributed by atoms with Gasteiger partial charge in [-0.2, -0.15) is 8.42 Å². The van der Waals surface area contributed by atoms with Gasteiger partial charge in [-0.1, -0.05) is 17.7 Å². The van der Waals surface area contributed by atoms with Gasteiger partial charge in [-0.3, -0.25) is 0 Å². The molecule has 0 radical (unpaired) electrons. The molecule has 0 bridgehead atoms. The van der Waals surface area contributed by atoms with E-state index in [0.717, 1.165) is 6.07 Å². The highest BCUT2D eigenvalue weighted by Gasteiger charge is 2.18. The first-order chi connectivity index (χ1) is 5.96. The van der Waals surface area contributed by atoms with Crippen LogP contribution in [0.15, 0.2) is 23.1 Å². The van der Waals surface area contributed by atoms with Gasteiger partial charge in [0.25, 0.3) is 0 Å². The molecule has 0 aromatic heterocycles. The number of ether oxygens (including phenoxy) is 1. The van der Waals surface area contributed by atoms with Gasteiger partial charge in [0.1, 0.15) is 15.7 Å². The number of halogens is 2. The fourth-order valence-corrected chi connectivity index (χ4v) is 1.87. The summed E-state index contributed by atoms with van der Waals surface area (Å²) < 4.78 is 38.3. The van der Waals surface area contributed by atoms with E-state index in [-0.39, 0.29) is 10.8 Å². The van der Waals surface area contributed by atoms with Crippen LogP contribution in [0.25, 0.3) is 0 Å². The summed E-state index contributed by atoms with van der Waals surface area (Å²) in [5, 5.41) is -0.243. The third kappa shape index (κ3) is 2.10. The van der Waals surface area contributed by atoms with Crippen molar-refractivity contribution in [1.82, 2.24) is 0 Å². The minimum absolute atomic E-state index is 0.125. The van der Waals surface area contributed by atoms with Gasteiger partial charge in [-0.25, -0.2) is 0 Å². The second-order valence-electron chi connectivity index (χ2n) is 2.21. The summed E-state index contributed by atoms with van der Waals surface area (Å²) >= 11 is 5.55. The van der Waals surface area contributed by atoms with Gasteiger partial charge in [0.2, 0.25) is 0 Å². The van der Waals surface area contributed by atoms with Crippen molar-refractivity contribution in [3.63, 3.8) is 0 Å². The van der Waals surface area contributed by atoms with Crippen molar-refractivity contribution in [2.24, 2.45) is 0 Å². The lowest BCUT2D eigenvalue weighted by molar-refractivity contribution is 0.413. The molecule has 0 spiro atoms. The van der Waals surface area contributed by atoms with Crippen molar-refractivity contribution in [3.8, 4) is 5.75 Å². The third-order valence-corrected chi connectivity index (χ3v) is 2.78. The smallest absolute Gasteiger partial charge is 0.333 e. The normalized spacial score (nSPS) is 11.3. The molecular formula is C7H6ClFO3S. The number of benzene rings is 1. The molecular weight excluding hydrogens is 219 g/mol. The zero-order valence-corrected chi connectivity index (χ0v) is 8.19. The largest absolute Gasteiger partial charge is 0.495 e. The zero-order valence-electron chi connectivity index (χ0n) is 6.62. The monoisotopic (exact) mass is 224 g/mol. The number of rotatable bonds is 2. The summed E-state index contributed by atoms with van der Waals surface area (Å²) in [7, 11) is -3.46. The van der Waals surface area contributed by atoms with E-state index >= 15 is 0 Å². The number of hydrogen-bond acceptors (Lipinski definition) is 3. The maximum absolute atomic E-state index is 12.5. The van der Waals surface area contributed by atoms with Gasteiger partial charge in [0, 0.05) is 0 Å². The van der Waals surface area contributed by atoms with Crippen molar-refractivity contribution in [1.29, 1.82) is 0 Å². The summed E-state index contributed by atoms with van der Waals surface area (Å²) in [6.07, 6.45) is 0. The summed E-state index contributed by atoms with van der Waals surface area (Å²) in [5.74, 6) is 0.125. The Balaban J connectivity index is 3.41. The molecule has 0 aliphatic rings. The molecule has 0 fully saturated rings. The molecule has 1 aromatic carbocycles. The molecule has 0 aliphatic heterocycles. The van der Waals surface area contributed by atoms with E-state index in [1.165, 1.54) is 19.2 Å². The molecule has 1 aromatic rings. The Bertz CT molecular complexity index is 416. The maximum atomic E-state index is 12.5. The van der Waals surface area contributed by atoms with Crippen LogP contribution < -0.4 is 4.74 Å². The van der Waals surface area contributed by atoms with E-state index in [4.69, 9.17) is 16.3 Å². The maximum Gasteiger partial charge on any atom is 0.333 e. The SMILES string of the molecule is COc1cccc(S(=O)(=O)F)c1Cl. The molecule has 0 aliphatic carbocycles. The fraction of sp³-hybridized carbons (Fsp3) is 0.143. The van der Waals surface area contributed by atoms with E-state index in [1.807, 2.05) is 0 Å². The molecule has 6 heteroatoms. The first-order valence-electron chi connectivity index (χ1n) is 3.24. The topological polar surface area (TPSA) is 43.4 Å². The standard InChI is InChI=1S/C7H6ClFO3S/c1-12-5-3-2-4-6(7(5)8)13(9,10)11/h2-4H,1H3. The molecule has 0 saturated carbocycles. The Kier molecular flexibility index (Phi) is 2.77. The lowest BCUT2D eigenvalue weighted by Gasteiger charge is -2.04. The zero-order chi connectivity index (χ0) is 10.1. The van der Waals surface area contributed by atoms with Gasteiger partial charge in [-0.05, 0) is 12.1 Å². The van der Waals surface area contributed by atoms with E-state index in [9.17, 15) is 12.3 Å². The Morgan fingerprint density at radius 3 is 2.54 bits per heavy atom. The highest BCUT2D eigenvalue weighted by molar-refractivity contribution is 7.86. The number of hydrogen-bond donors (Lipinski definition) is 0. The summed E-state index contributed by atoms with van der Waals surface area (Å²) in [6, 6.07) is 3.86. The third-order valence-electron chi connectivity index (χ3n) is 1.41. The van der Waals surface area contributed by atoms with Crippen LogP contribution in [-0.2, 0) is 10.2 Å². The van der Waals surface area contributed by atoms with Gasteiger partial charge in [0.05, 0.1) is 7.11 Å². The van der Waals surface area contributed by atoms with Crippen LogP contribution in [0.3, 0.4) is 0 Å². The number of methoxy groups -OCH3 is 1. The van der Waals surface area contributed by atoms with Crippen molar-refractivity contribution < 1.29 is 17.0 Å². The van der Waals surface area contributed by atoms with Crippen LogP contribution in [0.1, 0.15) is 0 Å². The minimum Gasteiger partial charge on any atom is -0.495 e. The quantitative estimate of drug-likeness (QED) is 0.722. The predicted octanol–water partition coefficient (Wildman–Crippen LogP) is 2.01. The average molecular weight is 225 g/mol. The molecule has 0 N–H and O–H groups in total. The molecule has 0 saturated heterocycles. The Morgan fingerprint density at radius 1 is 1.46 bits per heavy atom. The van der Waals surface area contributed by atoms with Crippen LogP contribution >= 0.6 is 11.6 Å². The molecule has 3 nitrogen and oxygen atoms in total. The van der Waals surface area contributed by atoms with Gasteiger partial charge in [0.15, 0.2) is 0 Å². The van der Waals surface area contributed by atoms with Crippen LogP contribution in [0.5, 0.6) is 5.75 Å². The van der Waals surface area contributed by atoms with Gasteiger partial charge < -0.3 is 4.74 Å². The van der Waals surface area contributed by atoms with E-state index in [0.29, 0.717) is 0 Å². The van der Waals surface area contributed by atoms with Crippen LogP contribution in [-0.4, -0.2) is 15.5 Å². The molecule has 72 valence electrons. The second-order valence-corrected chi connectivity index (χ2v) is 3.90. The van der Waals surface area contributed by atoms with Crippen molar-refractivity contribution in [2.75, 3.05) is 7.11 Å². The fourth-order valence-electron chi connectivity index (χ4n) is 0.837. The minimum atomic E-state index is -4.78. The predicted molar refractivity (Wildman–Crippen MR) is 46.3 cm³/mol. The van der Waals surface area contributed by atoms with Gasteiger partial charge >= 0.3 is 10.2 Å². The Morgan fingerprint density at radius 2 is 2.08 bits per heavy atom. The average Bonchev–Trinajstić information content (AvgIpc) is 2.02. The van der Waals surface area contributed by atoms with E-state index in [2.05, 4.69) is 0 Å². The molecule has 1 rings (SSSR count). The van der Waals surface area contributed by atoms with Crippen molar-refractivity contribution >= 4 is 21.8 Å². The van der Waals surface area contributed by atoms with Crippen molar-refractivity contribution in [3.05, 3.63) is 23.2 Å². The first-order valence-corrected chi connectivity index (χ1v) is 5.00. The highest BCUT2D eigenvalue weighted by Crippen LogP contribution is 2.31. The Labute approximate surface area is 80.3 Å². The summed E-state index contributed by atoms with van der Waals surface area (Å²) in [4.78, 5) is -0.575. The van der Waals surface area contributed by atoms with Crippen LogP contribution in [0, 0.1) is 0 Å². The van der Waals surface area contributed by atoms with Crippen molar-refractivity contribution in [2.45, 2.75) is 4.90 Å². The lowest BCUT2D eigenvalue weighted by atomic mass is 10.3. The highest BCUT2D eigenvalue weighted by atomic mass is 35.5. The summed E-state index contributed by atoms with van der Waals surface area (Å²) in [5.41, 5.74) is 0. The molecule has 13 heavy (non-hydrogen) atoms. The first kappa shape index (κ1) is 10.3. The van der Waals surface area contributed by atoms with Gasteiger partial charge in [-0.15, -0.1) is 3.89 Å². The van der Waals surface area contributed by atoms with E-state index in [1.54, 1.807) is 0 Å². The van der Waals surface area contributed by atoms with Crippen LogP contribution in [0.2, 0.25) is 5.02 Å².